The smallest absolute Gasteiger partial charge is 0.119 e. The zero-order valence-electron chi connectivity index (χ0n) is 12.0. The van der Waals surface area contributed by atoms with Gasteiger partial charge in [0.2, 0.25) is 0 Å². The molecule has 0 aromatic heterocycles. The van der Waals surface area contributed by atoms with Gasteiger partial charge in [0.15, 0.2) is 0 Å². The van der Waals surface area contributed by atoms with Crippen molar-refractivity contribution in [3.63, 3.8) is 0 Å². The Hall–Kier alpha value is -0.730. The number of ether oxygens (including phenoxy) is 1. The highest BCUT2D eigenvalue weighted by molar-refractivity contribution is 5.20. The Morgan fingerprint density at radius 1 is 0.737 bits per heavy atom. The van der Waals surface area contributed by atoms with Crippen molar-refractivity contribution in [3.05, 3.63) is 30.3 Å². The molecule has 110 valence electrons. The van der Waals surface area contributed by atoms with Gasteiger partial charge in [-0.3, -0.25) is 0 Å². The maximum Gasteiger partial charge on any atom is 0.119 e. The number of hydrogen-bond acceptors (Lipinski definition) is 1. The van der Waals surface area contributed by atoms with Crippen LogP contribution in [0.1, 0.15) is 51.4 Å². The maximum atomic E-state index is 5.66. The third-order valence-corrected chi connectivity index (χ3v) is 3.16. The molecule has 0 saturated carbocycles. The van der Waals surface area contributed by atoms with E-state index in [1.54, 1.807) is 0 Å². The standard InChI is InChI=1S/C16H27NO.ClH/c17-14-10-5-3-1-2-4-6-11-15-18-16-12-8-7-9-13-16;/h7-9,12-13H,1-6,10-11,14-15,17H2;1H. The molecule has 1 aromatic rings. The van der Waals surface area contributed by atoms with Crippen LogP contribution in [0.15, 0.2) is 30.3 Å². The predicted molar refractivity (Wildman–Crippen MR) is 76.6 cm³/mol. The first-order valence-corrected chi connectivity index (χ1v) is 7.40. The van der Waals surface area contributed by atoms with Gasteiger partial charge in [-0.05, 0) is 31.4 Å². The fraction of sp³-hybridized carbons (Fsp3) is 0.625. The second-order valence-electron chi connectivity index (χ2n) is 4.84. The van der Waals surface area contributed by atoms with E-state index in [2.05, 4.69) is 5.73 Å². The lowest BCUT2D eigenvalue weighted by molar-refractivity contribution is -0.368. The summed E-state index contributed by atoms with van der Waals surface area (Å²) in [5.74, 6) is 0.991. The number of hydrogen-bond donors (Lipinski definition) is 1. The molecule has 2 nitrogen and oxygen atoms in total. The fourth-order valence-corrected chi connectivity index (χ4v) is 2.05. The maximum absolute atomic E-state index is 5.66. The van der Waals surface area contributed by atoms with E-state index >= 15 is 0 Å². The van der Waals surface area contributed by atoms with Crippen LogP contribution in [-0.4, -0.2) is 13.2 Å². The van der Waals surface area contributed by atoms with Gasteiger partial charge in [0.25, 0.3) is 0 Å². The average Bonchev–Trinajstić information content (AvgIpc) is 2.42. The van der Waals surface area contributed by atoms with Crippen molar-refractivity contribution in [3.8, 4) is 5.75 Å². The lowest BCUT2D eigenvalue weighted by atomic mass is 10.1. The van der Waals surface area contributed by atoms with E-state index in [0.29, 0.717) is 0 Å². The Morgan fingerprint density at radius 2 is 1.26 bits per heavy atom. The van der Waals surface area contributed by atoms with Gasteiger partial charge in [-0.25, -0.2) is 0 Å². The summed E-state index contributed by atoms with van der Waals surface area (Å²) in [6.07, 6.45) is 10.6. The Labute approximate surface area is 124 Å². The first-order chi connectivity index (χ1) is 8.93. The van der Waals surface area contributed by atoms with Crippen LogP contribution in [0.3, 0.4) is 0 Å². The molecule has 0 fully saturated rings. The highest BCUT2D eigenvalue weighted by atomic mass is 35.5. The minimum atomic E-state index is 0. The molecule has 3 heteroatoms. The number of rotatable bonds is 11. The first-order valence-electron chi connectivity index (χ1n) is 7.40. The molecule has 0 saturated heterocycles. The minimum Gasteiger partial charge on any atom is -1.00 e. The van der Waals surface area contributed by atoms with E-state index in [0.717, 1.165) is 18.9 Å². The third-order valence-electron chi connectivity index (χ3n) is 3.16. The molecule has 0 aliphatic heterocycles. The fourth-order valence-electron chi connectivity index (χ4n) is 2.05. The molecular formula is C16H28ClNO. The van der Waals surface area contributed by atoms with Crippen LogP contribution in [0.2, 0.25) is 0 Å². The third kappa shape index (κ3) is 10.8. The van der Waals surface area contributed by atoms with Gasteiger partial charge in [-0.1, -0.05) is 50.3 Å². The van der Waals surface area contributed by atoms with Gasteiger partial charge in [-0.15, -0.1) is 0 Å². The van der Waals surface area contributed by atoms with Crippen LogP contribution in [-0.2, 0) is 0 Å². The van der Waals surface area contributed by atoms with Crippen molar-refractivity contribution < 1.29 is 22.9 Å². The summed E-state index contributed by atoms with van der Waals surface area (Å²) < 4.78 is 5.66. The molecule has 1 aromatic carbocycles. The summed E-state index contributed by atoms with van der Waals surface area (Å²) in [5.41, 5.74) is 3.86. The SMILES string of the molecule is [Cl-].[NH3+]CCCCCCCCCCOc1ccccc1. The van der Waals surface area contributed by atoms with E-state index in [1.165, 1.54) is 51.4 Å². The zero-order valence-corrected chi connectivity index (χ0v) is 12.7. The zero-order chi connectivity index (χ0) is 12.9. The van der Waals surface area contributed by atoms with Gasteiger partial charge in [0, 0.05) is 0 Å². The first kappa shape index (κ1) is 18.3. The minimum absolute atomic E-state index is 0. The Bertz CT molecular complexity index is 279. The predicted octanol–water partition coefficient (Wildman–Crippen LogP) is 0.432. The van der Waals surface area contributed by atoms with Gasteiger partial charge in [0.1, 0.15) is 5.75 Å². The molecular weight excluding hydrogens is 258 g/mol. The summed E-state index contributed by atoms with van der Waals surface area (Å²) in [4.78, 5) is 0. The molecule has 0 atom stereocenters. The summed E-state index contributed by atoms with van der Waals surface area (Å²) in [6, 6.07) is 10.1. The number of benzene rings is 1. The van der Waals surface area contributed by atoms with E-state index < -0.39 is 0 Å². The normalized spacial score (nSPS) is 9.95. The Kier molecular flexibility index (Phi) is 13.2. The van der Waals surface area contributed by atoms with Crippen LogP contribution >= 0.6 is 0 Å². The second-order valence-corrected chi connectivity index (χ2v) is 4.84. The van der Waals surface area contributed by atoms with Crippen molar-refractivity contribution in [2.75, 3.05) is 13.2 Å². The van der Waals surface area contributed by atoms with Crippen molar-refractivity contribution in [2.45, 2.75) is 51.4 Å². The number of para-hydroxylation sites is 1. The molecule has 0 bridgehead atoms. The van der Waals surface area contributed by atoms with Crippen LogP contribution < -0.4 is 22.9 Å². The summed E-state index contributed by atoms with van der Waals surface area (Å²) in [7, 11) is 0. The summed E-state index contributed by atoms with van der Waals surface area (Å²) in [5, 5.41) is 0. The highest BCUT2D eigenvalue weighted by Crippen LogP contribution is 2.11. The van der Waals surface area contributed by atoms with Gasteiger partial charge in [0.05, 0.1) is 13.2 Å². The topological polar surface area (TPSA) is 36.9 Å². The Morgan fingerprint density at radius 3 is 1.84 bits per heavy atom. The molecule has 0 unspecified atom stereocenters. The van der Waals surface area contributed by atoms with E-state index in [9.17, 15) is 0 Å². The molecule has 0 spiro atoms. The van der Waals surface area contributed by atoms with Crippen molar-refractivity contribution in [1.29, 1.82) is 0 Å². The van der Waals surface area contributed by atoms with Crippen LogP contribution in [0.25, 0.3) is 0 Å². The van der Waals surface area contributed by atoms with Gasteiger partial charge >= 0.3 is 0 Å². The molecule has 0 amide bonds. The van der Waals surface area contributed by atoms with Crippen molar-refractivity contribution in [2.24, 2.45) is 0 Å². The average molecular weight is 286 g/mol. The lowest BCUT2D eigenvalue weighted by Gasteiger charge is -2.05. The Balaban J connectivity index is 0.00000324. The van der Waals surface area contributed by atoms with Crippen LogP contribution in [0, 0.1) is 0 Å². The van der Waals surface area contributed by atoms with Crippen LogP contribution in [0.4, 0.5) is 0 Å². The van der Waals surface area contributed by atoms with E-state index in [4.69, 9.17) is 4.74 Å². The summed E-state index contributed by atoms with van der Waals surface area (Å²) in [6.45, 7) is 1.95. The molecule has 0 aliphatic carbocycles. The molecule has 0 heterocycles. The van der Waals surface area contributed by atoms with Gasteiger partial charge < -0.3 is 22.9 Å². The molecule has 0 aliphatic rings. The number of halogens is 1. The number of quaternary nitrogens is 1. The highest BCUT2D eigenvalue weighted by Gasteiger charge is 1.94. The van der Waals surface area contributed by atoms with E-state index in [1.807, 2.05) is 30.3 Å². The molecule has 1 rings (SSSR count). The van der Waals surface area contributed by atoms with Crippen LogP contribution in [0.5, 0.6) is 5.75 Å². The molecule has 3 N–H and O–H groups in total. The largest absolute Gasteiger partial charge is 1.00 e. The quantitative estimate of drug-likeness (QED) is 0.588. The number of unbranched alkanes of at least 4 members (excludes halogenated alkanes) is 7. The lowest BCUT2D eigenvalue weighted by Crippen LogP contribution is -3.00. The monoisotopic (exact) mass is 285 g/mol. The molecule has 0 radical (unpaired) electrons. The molecule has 19 heavy (non-hydrogen) atoms. The van der Waals surface area contributed by atoms with Gasteiger partial charge in [-0.2, -0.15) is 0 Å². The van der Waals surface area contributed by atoms with Crippen molar-refractivity contribution >= 4 is 0 Å². The summed E-state index contributed by atoms with van der Waals surface area (Å²) >= 11 is 0. The van der Waals surface area contributed by atoms with E-state index in [-0.39, 0.29) is 12.4 Å². The van der Waals surface area contributed by atoms with Crippen molar-refractivity contribution in [1.82, 2.24) is 0 Å². The second kappa shape index (κ2) is 13.7.